The molecule has 0 saturated carbocycles. The summed E-state index contributed by atoms with van der Waals surface area (Å²) in [6.07, 6.45) is 1.54. The number of benzene rings is 2. The van der Waals surface area contributed by atoms with Crippen molar-refractivity contribution >= 4 is 5.91 Å². The van der Waals surface area contributed by atoms with E-state index < -0.39 is 0 Å². The minimum Gasteiger partial charge on any atom is -0.335 e. The molecule has 1 N–H and O–H groups in total. The van der Waals surface area contributed by atoms with Crippen molar-refractivity contribution in [2.24, 2.45) is 5.92 Å². The maximum absolute atomic E-state index is 12.7. The fourth-order valence-corrected chi connectivity index (χ4v) is 3.39. The summed E-state index contributed by atoms with van der Waals surface area (Å²) in [5.41, 5.74) is 2.88. The molecule has 2 atom stereocenters. The highest BCUT2D eigenvalue weighted by atomic mass is 16.1. The zero-order valence-electron chi connectivity index (χ0n) is 14.5. The van der Waals surface area contributed by atoms with E-state index in [2.05, 4.69) is 28.4 Å². The lowest BCUT2D eigenvalue weighted by atomic mass is 9.94. The molecular weight excluding hydrogens is 310 g/mol. The minimum atomic E-state index is -0.257. The van der Waals surface area contributed by atoms with Gasteiger partial charge in [-0.05, 0) is 37.5 Å². The Morgan fingerprint density at radius 1 is 1.24 bits per heavy atom. The fourth-order valence-electron chi connectivity index (χ4n) is 3.39. The number of aryl methyl sites for hydroxylation is 1. The Balaban J connectivity index is 1.78. The van der Waals surface area contributed by atoms with Gasteiger partial charge in [-0.1, -0.05) is 48.0 Å². The largest absolute Gasteiger partial charge is 0.335 e. The highest BCUT2D eigenvalue weighted by Crippen LogP contribution is 2.24. The lowest BCUT2D eigenvalue weighted by Crippen LogP contribution is -2.54. The molecule has 0 bridgehead atoms. The molecule has 3 rings (SSSR count). The molecule has 0 aliphatic carbocycles. The molecule has 0 aromatic heterocycles. The van der Waals surface area contributed by atoms with Crippen LogP contribution < -0.4 is 5.32 Å². The summed E-state index contributed by atoms with van der Waals surface area (Å²) in [6, 6.07) is 20.1. The quantitative estimate of drug-likeness (QED) is 0.932. The molecule has 2 unspecified atom stereocenters. The van der Waals surface area contributed by atoms with Crippen LogP contribution in [0.3, 0.4) is 0 Å². The molecule has 1 aliphatic rings. The van der Waals surface area contributed by atoms with Crippen molar-refractivity contribution in [3.05, 3.63) is 71.3 Å². The number of nitriles is 1. The van der Waals surface area contributed by atoms with Crippen LogP contribution >= 0.6 is 0 Å². The van der Waals surface area contributed by atoms with E-state index in [1.807, 2.05) is 49.4 Å². The number of nitrogens with zero attached hydrogens (tertiary/aromatic N) is 2. The normalized spacial score (nSPS) is 20.6. The Kier molecular flexibility index (Phi) is 5.47. The van der Waals surface area contributed by atoms with Gasteiger partial charge in [0.25, 0.3) is 5.91 Å². The standard InChI is InChI=1S/C21H23N3O/c1-16-7-5-10-18(13-16)21(25)23-20-19(14-22)11-6-12-24(20)15-17-8-3-2-4-9-17/h2-5,7-10,13,19-20H,6,11-12,15H2,1H3,(H,23,25). The van der Waals surface area contributed by atoms with E-state index in [4.69, 9.17) is 0 Å². The van der Waals surface area contributed by atoms with Gasteiger partial charge >= 0.3 is 0 Å². The van der Waals surface area contributed by atoms with Gasteiger partial charge in [-0.15, -0.1) is 0 Å². The van der Waals surface area contributed by atoms with Crippen LogP contribution in [0.1, 0.15) is 34.3 Å². The number of piperidine rings is 1. The van der Waals surface area contributed by atoms with Crippen molar-refractivity contribution in [2.75, 3.05) is 6.54 Å². The molecule has 1 saturated heterocycles. The first-order valence-corrected chi connectivity index (χ1v) is 8.72. The van der Waals surface area contributed by atoms with Crippen LogP contribution in [0, 0.1) is 24.2 Å². The van der Waals surface area contributed by atoms with Gasteiger partial charge in [0.1, 0.15) is 0 Å². The average molecular weight is 333 g/mol. The van der Waals surface area contributed by atoms with Gasteiger partial charge in [0, 0.05) is 18.7 Å². The smallest absolute Gasteiger partial charge is 0.252 e. The lowest BCUT2D eigenvalue weighted by Gasteiger charge is -2.39. The van der Waals surface area contributed by atoms with Crippen molar-refractivity contribution in [3.63, 3.8) is 0 Å². The molecule has 4 nitrogen and oxygen atoms in total. The summed E-state index contributed by atoms with van der Waals surface area (Å²) >= 11 is 0. The van der Waals surface area contributed by atoms with Gasteiger partial charge in [-0.3, -0.25) is 9.69 Å². The third-order valence-corrected chi connectivity index (χ3v) is 4.69. The van der Waals surface area contributed by atoms with E-state index in [0.717, 1.165) is 31.5 Å². The van der Waals surface area contributed by atoms with Crippen LogP contribution in [0.15, 0.2) is 54.6 Å². The van der Waals surface area contributed by atoms with Gasteiger partial charge in [0.2, 0.25) is 0 Å². The van der Waals surface area contributed by atoms with Crippen LogP contribution in [0.4, 0.5) is 0 Å². The first kappa shape index (κ1) is 17.2. The molecule has 0 radical (unpaired) electrons. The van der Waals surface area contributed by atoms with E-state index in [1.54, 1.807) is 0 Å². The molecule has 25 heavy (non-hydrogen) atoms. The van der Waals surface area contributed by atoms with E-state index in [0.29, 0.717) is 5.56 Å². The maximum Gasteiger partial charge on any atom is 0.252 e. The van der Waals surface area contributed by atoms with Gasteiger partial charge in [-0.2, -0.15) is 5.26 Å². The number of nitrogens with one attached hydrogen (secondary N) is 1. The van der Waals surface area contributed by atoms with Crippen molar-refractivity contribution in [1.82, 2.24) is 10.2 Å². The van der Waals surface area contributed by atoms with Crippen molar-refractivity contribution in [1.29, 1.82) is 5.26 Å². The molecule has 1 aliphatic heterocycles. The summed E-state index contributed by atoms with van der Waals surface area (Å²) in [5, 5.41) is 12.6. The van der Waals surface area contributed by atoms with Crippen molar-refractivity contribution in [3.8, 4) is 6.07 Å². The number of rotatable bonds is 4. The van der Waals surface area contributed by atoms with Gasteiger partial charge in [0.05, 0.1) is 18.2 Å². The Morgan fingerprint density at radius 3 is 2.76 bits per heavy atom. The summed E-state index contributed by atoms with van der Waals surface area (Å²) in [5.74, 6) is -0.305. The second kappa shape index (κ2) is 7.96. The monoisotopic (exact) mass is 333 g/mol. The Bertz CT molecular complexity index is 766. The Hall–Kier alpha value is -2.64. The first-order valence-electron chi connectivity index (χ1n) is 8.72. The maximum atomic E-state index is 12.7. The van der Waals surface area contributed by atoms with Gasteiger partial charge < -0.3 is 5.32 Å². The predicted octanol–water partition coefficient (Wildman–Crippen LogP) is 3.49. The van der Waals surface area contributed by atoms with E-state index in [1.165, 1.54) is 5.56 Å². The zero-order chi connectivity index (χ0) is 17.6. The minimum absolute atomic E-state index is 0.117. The lowest BCUT2D eigenvalue weighted by molar-refractivity contribution is 0.0636. The van der Waals surface area contributed by atoms with Gasteiger partial charge in [-0.25, -0.2) is 0 Å². The molecule has 128 valence electrons. The highest BCUT2D eigenvalue weighted by Gasteiger charge is 2.32. The first-order chi connectivity index (χ1) is 12.2. The molecule has 4 heteroatoms. The molecule has 1 amide bonds. The van der Waals surface area contributed by atoms with Crippen molar-refractivity contribution < 1.29 is 4.79 Å². The Labute approximate surface area is 149 Å². The highest BCUT2D eigenvalue weighted by molar-refractivity contribution is 5.94. The van der Waals surface area contributed by atoms with E-state index >= 15 is 0 Å². The average Bonchev–Trinajstić information content (AvgIpc) is 2.64. The van der Waals surface area contributed by atoms with Crippen molar-refractivity contribution in [2.45, 2.75) is 32.5 Å². The number of carbonyl (C=O) groups is 1. The van der Waals surface area contributed by atoms with Crippen LogP contribution in [-0.4, -0.2) is 23.5 Å². The van der Waals surface area contributed by atoms with E-state index in [-0.39, 0.29) is 18.0 Å². The van der Waals surface area contributed by atoms with Crippen LogP contribution in [-0.2, 0) is 6.54 Å². The van der Waals surface area contributed by atoms with Gasteiger partial charge in [0.15, 0.2) is 0 Å². The fraction of sp³-hybridized carbons (Fsp3) is 0.333. The number of amides is 1. The molecule has 1 fully saturated rings. The third-order valence-electron chi connectivity index (χ3n) is 4.69. The Morgan fingerprint density at radius 2 is 2.04 bits per heavy atom. The summed E-state index contributed by atoms with van der Waals surface area (Å²) < 4.78 is 0. The predicted molar refractivity (Wildman–Crippen MR) is 97.6 cm³/mol. The summed E-state index contributed by atoms with van der Waals surface area (Å²) in [4.78, 5) is 14.9. The number of hydrogen-bond acceptors (Lipinski definition) is 3. The number of likely N-dealkylation sites (tertiary alicyclic amines) is 1. The molecule has 2 aromatic carbocycles. The molecular formula is C21H23N3O. The summed E-state index contributed by atoms with van der Waals surface area (Å²) in [6.45, 7) is 3.58. The topological polar surface area (TPSA) is 56.1 Å². The summed E-state index contributed by atoms with van der Waals surface area (Å²) in [7, 11) is 0. The molecule has 1 heterocycles. The van der Waals surface area contributed by atoms with Crippen LogP contribution in [0.2, 0.25) is 0 Å². The number of hydrogen-bond donors (Lipinski definition) is 1. The second-order valence-electron chi connectivity index (χ2n) is 6.62. The van der Waals surface area contributed by atoms with E-state index in [9.17, 15) is 10.1 Å². The number of carbonyl (C=O) groups excluding carboxylic acids is 1. The zero-order valence-corrected chi connectivity index (χ0v) is 14.5. The third kappa shape index (κ3) is 4.26. The van der Waals surface area contributed by atoms with Crippen LogP contribution in [0.5, 0.6) is 0 Å². The van der Waals surface area contributed by atoms with Crippen LogP contribution in [0.25, 0.3) is 0 Å². The SMILES string of the molecule is Cc1cccc(C(=O)NC2C(C#N)CCCN2Cc2ccccc2)c1. The molecule has 0 spiro atoms. The molecule has 2 aromatic rings. The second-order valence-corrected chi connectivity index (χ2v) is 6.62.